The van der Waals surface area contributed by atoms with E-state index < -0.39 is 0 Å². The van der Waals surface area contributed by atoms with Crippen molar-refractivity contribution in [1.82, 2.24) is 4.90 Å². The van der Waals surface area contributed by atoms with Crippen molar-refractivity contribution < 1.29 is 0 Å². The molecule has 0 unspecified atom stereocenters. The third-order valence-corrected chi connectivity index (χ3v) is 1.82. The maximum atomic E-state index is 5.92. The van der Waals surface area contributed by atoms with E-state index in [9.17, 15) is 0 Å². The van der Waals surface area contributed by atoms with Crippen LogP contribution in [0.25, 0.3) is 0 Å². The molecule has 1 rings (SSSR count). The molecule has 0 amide bonds. The average Bonchev–Trinajstić information content (AvgIpc) is 1.81. The number of benzene rings is 1. The first kappa shape index (κ1) is 9.56. The van der Waals surface area contributed by atoms with Gasteiger partial charge in [-0.15, -0.1) is 0 Å². The fourth-order valence-corrected chi connectivity index (χ4v) is 1.58. The highest BCUT2D eigenvalue weighted by Crippen LogP contribution is 2.15. The fourth-order valence-electron chi connectivity index (χ4n) is 1.27. The van der Waals surface area contributed by atoms with Gasteiger partial charge < -0.3 is 4.90 Å². The number of halogens is 1. The molecular formula is C10H14ClN. The van der Waals surface area contributed by atoms with Gasteiger partial charge in [0.1, 0.15) is 0 Å². The smallest absolute Gasteiger partial charge is 0.0411 e. The van der Waals surface area contributed by atoms with Crippen LogP contribution in [0, 0.1) is 6.92 Å². The molecule has 0 fully saturated rings. The summed E-state index contributed by atoms with van der Waals surface area (Å²) in [5, 5.41) is 0.826. The van der Waals surface area contributed by atoms with Crippen molar-refractivity contribution in [3.8, 4) is 0 Å². The van der Waals surface area contributed by atoms with Crippen molar-refractivity contribution in [1.29, 1.82) is 0 Å². The Morgan fingerprint density at radius 1 is 1.25 bits per heavy atom. The van der Waals surface area contributed by atoms with Crippen LogP contribution in [0.15, 0.2) is 18.2 Å². The summed E-state index contributed by atoms with van der Waals surface area (Å²) in [4.78, 5) is 2.13. The van der Waals surface area contributed by atoms with E-state index >= 15 is 0 Å². The lowest BCUT2D eigenvalue weighted by Gasteiger charge is -2.10. The van der Waals surface area contributed by atoms with Crippen molar-refractivity contribution in [3.05, 3.63) is 34.3 Å². The zero-order valence-electron chi connectivity index (χ0n) is 7.76. The molecule has 0 bridgehead atoms. The van der Waals surface area contributed by atoms with Crippen LogP contribution in [0.3, 0.4) is 0 Å². The van der Waals surface area contributed by atoms with Gasteiger partial charge in [0.2, 0.25) is 0 Å². The standard InChI is InChI=1S/C10H14ClN/c1-8-4-9(7-12(2)3)6-10(11)5-8/h4-6H,7H2,1-3H3. The summed E-state index contributed by atoms with van der Waals surface area (Å²) in [5.74, 6) is 0. The highest BCUT2D eigenvalue weighted by atomic mass is 35.5. The van der Waals surface area contributed by atoms with E-state index in [4.69, 9.17) is 11.6 Å². The third-order valence-electron chi connectivity index (χ3n) is 1.60. The van der Waals surface area contributed by atoms with E-state index in [0.717, 1.165) is 11.6 Å². The Labute approximate surface area is 79.0 Å². The van der Waals surface area contributed by atoms with Crippen molar-refractivity contribution >= 4 is 11.6 Å². The van der Waals surface area contributed by atoms with Crippen LogP contribution >= 0.6 is 11.6 Å². The monoisotopic (exact) mass is 183 g/mol. The first-order valence-corrected chi connectivity index (χ1v) is 4.36. The predicted molar refractivity (Wildman–Crippen MR) is 53.6 cm³/mol. The van der Waals surface area contributed by atoms with Gasteiger partial charge in [0.05, 0.1) is 0 Å². The van der Waals surface area contributed by atoms with Crippen LogP contribution in [0.1, 0.15) is 11.1 Å². The minimum absolute atomic E-state index is 0.826. The van der Waals surface area contributed by atoms with E-state index in [-0.39, 0.29) is 0 Å². The maximum Gasteiger partial charge on any atom is 0.0411 e. The number of aryl methyl sites for hydroxylation is 1. The number of rotatable bonds is 2. The van der Waals surface area contributed by atoms with Crippen molar-refractivity contribution in [2.24, 2.45) is 0 Å². The van der Waals surface area contributed by atoms with Crippen LogP contribution < -0.4 is 0 Å². The fraction of sp³-hybridized carbons (Fsp3) is 0.400. The Balaban J connectivity index is 2.85. The Morgan fingerprint density at radius 3 is 2.42 bits per heavy atom. The summed E-state index contributed by atoms with van der Waals surface area (Å²) in [7, 11) is 4.10. The molecule has 0 atom stereocenters. The normalized spacial score (nSPS) is 10.8. The number of nitrogens with zero attached hydrogens (tertiary/aromatic N) is 1. The average molecular weight is 184 g/mol. The van der Waals surface area contributed by atoms with Gasteiger partial charge in [0.25, 0.3) is 0 Å². The van der Waals surface area contributed by atoms with Crippen molar-refractivity contribution in [2.75, 3.05) is 14.1 Å². The largest absolute Gasteiger partial charge is 0.305 e. The molecule has 0 N–H and O–H groups in total. The molecule has 12 heavy (non-hydrogen) atoms. The van der Waals surface area contributed by atoms with Crippen LogP contribution in [0.2, 0.25) is 5.02 Å². The van der Waals surface area contributed by atoms with Crippen molar-refractivity contribution in [3.63, 3.8) is 0 Å². The first-order chi connectivity index (χ1) is 5.58. The van der Waals surface area contributed by atoms with Crippen LogP contribution in [0.4, 0.5) is 0 Å². The molecule has 0 radical (unpaired) electrons. The van der Waals surface area contributed by atoms with Crippen molar-refractivity contribution in [2.45, 2.75) is 13.5 Å². The molecule has 0 aromatic heterocycles. The molecule has 0 saturated heterocycles. The first-order valence-electron chi connectivity index (χ1n) is 3.99. The minimum atomic E-state index is 0.826. The summed E-state index contributed by atoms with van der Waals surface area (Å²) in [6.07, 6.45) is 0. The summed E-state index contributed by atoms with van der Waals surface area (Å²) < 4.78 is 0. The molecule has 0 spiro atoms. The van der Waals surface area contributed by atoms with E-state index in [1.807, 2.05) is 12.1 Å². The van der Waals surface area contributed by atoms with E-state index in [1.165, 1.54) is 11.1 Å². The number of hydrogen-bond donors (Lipinski definition) is 0. The van der Waals surface area contributed by atoms with E-state index in [1.54, 1.807) is 0 Å². The highest BCUT2D eigenvalue weighted by molar-refractivity contribution is 6.30. The Bertz CT molecular complexity index is 248. The second-order valence-corrected chi connectivity index (χ2v) is 3.81. The topological polar surface area (TPSA) is 3.24 Å². The van der Waals surface area contributed by atoms with Gasteiger partial charge in [-0.1, -0.05) is 17.7 Å². The molecule has 0 heterocycles. The number of hydrogen-bond acceptors (Lipinski definition) is 1. The molecule has 66 valence electrons. The Hall–Kier alpha value is -0.530. The van der Waals surface area contributed by atoms with Gasteiger partial charge in [-0.25, -0.2) is 0 Å². The summed E-state index contributed by atoms with van der Waals surface area (Å²) in [6.45, 7) is 3.01. The molecule has 1 aromatic rings. The Morgan fingerprint density at radius 2 is 1.92 bits per heavy atom. The molecule has 0 aliphatic carbocycles. The van der Waals surface area contributed by atoms with Gasteiger partial charge in [0, 0.05) is 11.6 Å². The lowest BCUT2D eigenvalue weighted by molar-refractivity contribution is 0.402. The van der Waals surface area contributed by atoms with Crippen LogP contribution in [0.5, 0.6) is 0 Å². The lowest BCUT2D eigenvalue weighted by atomic mass is 10.1. The second-order valence-electron chi connectivity index (χ2n) is 3.37. The zero-order chi connectivity index (χ0) is 9.14. The Kier molecular flexibility index (Phi) is 3.12. The predicted octanol–water partition coefficient (Wildman–Crippen LogP) is 2.71. The molecule has 0 aliphatic rings. The van der Waals surface area contributed by atoms with Crippen LogP contribution in [-0.4, -0.2) is 19.0 Å². The molecule has 0 saturated carbocycles. The quantitative estimate of drug-likeness (QED) is 0.682. The molecule has 1 nitrogen and oxygen atoms in total. The highest BCUT2D eigenvalue weighted by Gasteiger charge is 1.97. The van der Waals surface area contributed by atoms with Gasteiger partial charge in [-0.3, -0.25) is 0 Å². The lowest BCUT2D eigenvalue weighted by Crippen LogP contribution is -2.10. The summed E-state index contributed by atoms with van der Waals surface area (Å²) in [6, 6.07) is 6.14. The maximum absolute atomic E-state index is 5.92. The summed E-state index contributed by atoms with van der Waals surface area (Å²) in [5.41, 5.74) is 2.49. The van der Waals surface area contributed by atoms with E-state index in [2.05, 4.69) is 32.0 Å². The second kappa shape index (κ2) is 3.92. The summed E-state index contributed by atoms with van der Waals surface area (Å²) >= 11 is 5.92. The third kappa shape index (κ3) is 2.84. The molecular weight excluding hydrogens is 170 g/mol. The van der Waals surface area contributed by atoms with Gasteiger partial charge >= 0.3 is 0 Å². The van der Waals surface area contributed by atoms with Gasteiger partial charge in [-0.2, -0.15) is 0 Å². The molecule has 1 aromatic carbocycles. The minimum Gasteiger partial charge on any atom is -0.305 e. The van der Waals surface area contributed by atoms with Gasteiger partial charge in [-0.05, 0) is 44.3 Å². The molecule has 0 aliphatic heterocycles. The zero-order valence-corrected chi connectivity index (χ0v) is 8.52. The van der Waals surface area contributed by atoms with Gasteiger partial charge in [0.15, 0.2) is 0 Å². The van der Waals surface area contributed by atoms with E-state index in [0.29, 0.717) is 0 Å². The van der Waals surface area contributed by atoms with Crippen LogP contribution in [-0.2, 0) is 6.54 Å². The SMILES string of the molecule is Cc1cc(Cl)cc(CN(C)C)c1. The molecule has 2 heteroatoms.